The van der Waals surface area contributed by atoms with Crippen molar-refractivity contribution in [2.45, 2.75) is 38.1 Å². The molecule has 16 heavy (non-hydrogen) atoms. The van der Waals surface area contributed by atoms with E-state index in [0.717, 1.165) is 25.8 Å². The molecule has 1 amide bonds. The average molecular weight is 251 g/mol. The number of hydrogen-bond acceptors (Lipinski definition) is 3. The normalized spacial score (nSPS) is 20.4. The minimum Gasteiger partial charge on any atom is -0.385 e. The van der Waals surface area contributed by atoms with Gasteiger partial charge in [-0.25, -0.2) is 0 Å². The number of hydrogen-bond donors (Lipinski definition) is 1. The van der Waals surface area contributed by atoms with E-state index in [9.17, 15) is 4.79 Å². The number of nitrogens with two attached hydrogens (primary N) is 1. The van der Waals surface area contributed by atoms with Crippen LogP contribution in [0.5, 0.6) is 0 Å². The first-order chi connectivity index (χ1) is 7.29. The summed E-state index contributed by atoms with van der Waals surface area (Å²) >= 11 is 0. The molecule has 1 fully saturated rings. The highest BCUT2D eigenvalue weighted by molar-refractivity contribution is 5.85. The van der Waals surface area contributed by atoms with Crippen molar-refractivity contribution in [2.24, 2.45) is 5.73 Å². The molecule has 0 bridgehead atoms. The molecule has 96 valence electrons. The van der Waals surface area contributed by atoms with Gasteiger partial charge in [-0.2, -0.15) is 0 Å². The Hall–Kier alpha value is -0.320. The predicted molar refractivity (Wildman–Crippen MR) is 66.8 cm³/mol. The number of rotatable bonds is 5. The molecule has 5 heteroatoms. The van der Waals surface area contributed by atoms with Crippen LogP contribution in [0, 0.1) is 0 Å². The Kier molecular flexibility index (Phi) is 8.61. The fourth-order valence-corrected chi connectivity index (χ4v) is 2.09. The number of methoxy groups -OCH3 is 1. The molecule has 1 unspecified atom stereocenters. The number of carbonyl (C=O) groups is 1. The van der Waals surface area contributed by atoms with E-state index >= 15 is 0 Å². The van der Waals surface area contributed by atoms with Gasteiger partial charge in [0.1, 0.15) is 0 Å². The van der Waals surface area contributed by atoms with Crippen LogP contribution in [0.1, 0.15) is 32.1 Å². The van der Waals surface area contributed by atoms with Gasteiger partial charge in [-0.15, -0.1) is 12.4 Å². The van der Waals surface area contributed by atoms with Crippen LogP contribution in [-0.2, 0) is 9.53 Å². The molecular weight excluding hydrogens is 228 g/mol. The molecule has 1 aliphatic heterocycles. The minimum atomic E-state index is 0. The lowest BCUT2D eigenvalue weighted by Gasteiger charge is -2.35. The second-order valence-electron chi connectivity index (χ2n) is 4.07. The Morgan fingerprint density at radius 3 is 2.88 bits per heavy atom. The van der Waals surface area contributed by atoms with Gasteiger partial charge in [-0.3, -0.25) is 4.79 Å². The average Bonchev–Trinajstić information content (AvgIpc) is 2.29. The fraction of sp³-hybridized carbons (Fsp3) is 0.909. The zero-order valence-corrected chi connectivity index (χ0v) is 10.8. The Bertz CT molecular complexity index is 202. The molecule has 0 spiro atoms. The third-order valence-corrected chi connectivity index (χ3v) is 2.96. The zero-order valence-electron chi connectivity index (χ0n) is 9.98. The molecule has 1 heterocycles. The Morgan fingerprint density at radius 2 is 2.25 bits per heavy atom. The Labute approximate surface area is 104 Å². The van der Waals surface area contributed by atoms with Crippen LogP contribution in [0.25, 0.3) is 0 Å². The molecule has 1 atom stereocenters. The van der Waals surface area contributed by atoms with Crippen LogP contribution < -0.4 is 5.73 Å². The lowest BCUT2D eigenvalue weighted by Crippen LogP contribution is -2.47. The number of halogens is 1. The van der Waals surface area contributed by atoms with Crippen molar-refractivity contribution in [3.8, 4) is 0 Å². The Morgan fingerprint density at radius 1 is 1.50 bits per heavy atom. The second kappa shape index (κ2) is 8.79. The van der Waals surface area contributed by atoms with E-state index in [1.807, 2.05) is 4.90 Å². The lowest BCUT2D eigenvalue weighted by molar-refractivity contribution is -0.134. The molecule has 0 aromatic carbocycles. The topological polar surface area (TPSA) is 55.6 Å². The van der Waals surface area contributed by atoms with E-state index in [-0.39, 0.29) is 24.4 Å². The van der Waals surface area contributed by atoms with E-state index in [1.165, 1.54) is 6.42 Å². The van der Waals surface area contributed by atoms with E-state index < -0.39 is 0 Å². The quantitative estimate of drug-likeness (QED) is 0.746. The first-order valence-electron chi connectivity index (χ1n) is 5.78. The molecule has 0 aromatic heterocycles. The van der Waals surface area contributed by atoms with Crippen LogP contribution >= 0.6 is 12.4 Å². The summed E-state index contributed by atoms with van der Waals surface area (Å²) in [6.07, 6.45) is 4.77. The third-order valence-electron chi connectivity index (χ3n) is 2.96. The number of carbonyl (C=O) groups excluding carboxylic acids is 1. The lowest BCUT2D eigenvalue weighted by atomic mass is 10.0. The smallest absolute Gasteiger partial charge is 0.222 e. The molecule has 0 radical (unpaired) electrons. The molecule has 4 nitrogen and oxygen atoms in total. The predicted octanol–water partition coefficient (Wildman–Crippen LogP) is 1.17. The highest BCUT2D eigenvalue weighted by Gasteiger charge is 2.24. The summed E-state index contributed by atoms with van der Waals surface area (Å²) in [5, 5.41) is 0. The molecule has 1 rings (SSSR count). The fourth-order valence-electron chi connectivity index (χ4n) is 2.09. The van der Waals surface area contributed by atoms with Gasteiger partial charge in [0.2, 0.25) is 5.91 Å². The number of ether oxygens (including phenoxy) is 1. The minimum absolute atomic E-state index is 0. The summed E-state index contributed by atoms with van der Waals surface area (Å²) in [5.74, 6) is 0.238. The number of amides is 1. The van der Waals surface area contributed by atoms with Gasteiger partial charge < -0.3 is 15.4 Å². The van der Waals surface area contributed by atoms with Gasteiger partial charge in [0.15, 0.2) is 0 Å². The van der Waals surface area contributed by atoms with Gasteiger partial charge in [0.25, 0.3) is 0 Å². The summed E-state index contributed by atoms with van der Waals surface area (Å²) in [4.78, 5) is 13.8. The van der Waals surface area contributed by atoms with Crippen LogP contribution in [0.4, 0.5) is 0 Å². The van der Waals surface area contributed by atoms with Gasteiger partial charge in [0, 0.05) is 39.3 Å². The molecule has 1 saturated heterocycles. The van der Waals surface area contributed by atoms with Crippen molar-refractivity contribution in [3.05, 3.63) is 0 Å². The van der Waals surface area contributed by atoms with Crippen LogP contribution in [0.2, 0.25) is 0 Å². The Balaban J connectivity index is 0.00000225. The van der Waals surface area contributed by atoms with Crippen molar-refractivity contribution in [1.82, 2.24) is 4.90 Å². The van der Waals surface area contributed by atoms with Gasteiger partial charge in [0.05, 0.1) is 0 Å². The van der Waals surface area contributed by atoms with Gasteiger partial charge in [-0.05, 0) is 25.7 Å². The summed E-state index contributed by atoms with van der Waals surface area (Å²) in [6.45, 7) is 2.14. The number of nitrogens with zero attached hydrogens (tertiary/aromatic N) is 1. The highest BCUT2D eigenvalue weighted by Crippen LogP contribution is 2.17. The van der Waals surface area contributed by atoms with Crippen LogP contribution in [0.3, 0.4) is 0 Å². The van der Waals surface area contributed by atoms with Crippen molar-refractivity contribution < 1.29 is 9.53 Å². The van der Waals surface area contributed by atoms with E-state index in [2.05, 4.69) is 0 Å². The van der Waals surface area contributed by atoms with Crippen molar-refractivity contribution in [3.63, 3.8) is 0 Å². The van der Waals surface area contributed by atoms with Gasteiger partial charge >= 0.3 is 0 Å². The molecule has 0 aromatic rings. The number of piperidine rings is 1. The third kappa shape index (κ3) is 4.68. The summed E-state index contributed by atoms with van der Waals surface area (Å²) in [5.41, 5.74) is 5.67. The van der Waals surface area contributed by atoms with Crippen LogP contribution in [-0.4, -0.2) is 43.7 Å². The van der Waals surface area contributed by atoms with E-state index in [0.29, 0.717) is 19.6 Å². The van der Waals surface area contributed by atoms with Gasteiger partial charge in [-0.1, -0.05) is 0 Å². The maximum atomic E-state index is 11.9. The molecule has 2 N–H and O–H groups in total. The van der Waals surface area contributed by atoms with Crippen LogP contribution in [0.15, 0.2) is 0 Å². The van der Waals surface area contributed by atoms with E-state index in [4.69, 9.17) is 10.5 Å². The standard InChI is InChI=1S/C11H22N2O2.ClH/c1-15-8-4-6-11(14)13-7-3-2-5-10(13)9-12;/h10H,2-9,12H2,1H3;1H. The van der Waals surface area contributed by atoms with Crippen molar-refractivity contribution in [1.29, 1.82) is 0 Å². The largest absolute Gasteiger partial charge is 0.385 e. The summed E-state index contributed by atoms with van der Waals surface area (Å²) in [6, 6.07) is 0.272. The van der Waals surface area contributed by atoms with Crippen molar-refractivity contribution in [2.75, 3.05) is 26.8 Å². The van der Waals surface area contributed by atoms with E-state index in [1.54, 1.807) is 7.11 Å². The SMILES string of the molecule is COCCCC(=O)N1CCCCC1CN.Cl. The molecule has 0 saturated carbocycles. The number of likely N-dealkylation sites (tertiary alicyclic amines) is 1. The first-order valence-corrected chi connectivity index (χ1v) is 5.78. The highest BCUT2D eigenvalue weighted by atomic mass is 35.5. The summed E-state index contributed by atoms with van der Waals surface area (Å²) < 4.78 is 4.94. The maximum absolute atomic E-state index is 11.9. The molecule has 1 aliphatic rings. The first kappa shape index (κ1) is 15.7. The zero-order chi connectivity index (χ0) is 11.1. The molecular formula is C11H23ClN2O2. The summed E-state index contributed by atoms with van der Waals surface area (Å²) in [7, 11) is 1.66. The molecule has 0 aliphatic carbocycles. The monoisotopic (exact) mass is 250 g/mol. The second-order valence-corrected chi connectivity index (χ2v) is 4.07. The van der Waals surface area contributed by atoms with Crippen molar-refractivity contribution >= 4 is 18.3 Å². The maximum Gasteiger partial charge on any atom is 0.222 e.